The molecule has 1 atom stereocenters. The average Bonchev–Trinajstić information content (AvgIpc) is 2.61. The largest absolute Gasteiger partial charge is 0.547 e. The summed E-state index contributed by atoms with van der Waals surface area (Å²) in [5, 5.41) is 12.9. The van der Waals surface area contributed by atoms with Crippen molar-refractivity contribution >= 4 is 25.0 Å². The maximum absolute atomic E-state index is 12.5. The average molecular weight is 391 g/mol. The van der Waals surface area contributed by atoms with Crippen molar-refractivity contribution in [3.63, 3.8) is 0 Å². The van der Waals surface area contributed by atoms with Gasteiger partial charge in [-0.3, -0.25) is 9.59 Å². The predicted molar refractivity (Wildman–Crippen MR) is 102 cm³/mol. The molecule has 2 N–H and O–H groups in total. The van der Waals surface area contributed by atoms with Gasteiger partial charge in [0.15, 0.2) is 0 Å². The number of ether oxygens (including phenoxy) is 2. The fraction of sp³-hybridized carbons (Fsp3) is 0.526. The Morgan fingerprint density at radius 2 is 1.96 bits per heavy atom. The molecular weight excluding hydrogens is 365 g/mol. The molecule has 8 nitrogen and oxygen atoms in total. The van der Waals surface area contributed by atoms with Gasteiger partial charge < -0.3 is 24.5 Å². The molecule has 0 bridgehead atoms. The maximum atomic E-state index is 12.5. The highest BCUT2D eigenvalue weighted by atomic mass is 16.7. The van der Waals surface area contributed by atoms with Gasteiger partial charge in [0.05, 0.1) is 11.4 Å². The van der Waals surface area contributed by atoms with Crippen molar-refractivity contribution in [1.82, 2.24) is 5.32 Å². The minimum atomic E-state index is -1.30. The van der Waals surface area contributed by atoms with Crippen molar-refractivity contribution in [3.8, 4) is 5.75 Å². The minimum absolute atomic E-state index is 0.156. The monoisotopic (exact) mass is 391 g/mol. The van der Waals surface area contributed by atoms with Crippen LogP contribution in [0.15, 0.2) is 12.1 Å². The number of carbonyl (C=O) groups excluding carboxylic acids is 3. The fourth-order valence-corrected chi connectivity index (χ4v) is 2.67. The SMILES string of the molecule is CCC(=O)N[C@H]1Cc2ccc(C)c(C(=O)OCOC(=O)C(C)(C)C)c2OB1O. The third-order valence-electron chi connectivity index (χ3n) is 4.33. The van der Waals surface area contributed by atoms with E-state index in [1.165, 1.54) is 0 Å². The molecule has 1 aliphatic rings. The van der Waals surface area contributed by atoms with E-state index in [-0.39, 0.29) is 23.6 Å². The van der Waals surface area contributed by atoms with Crippen molar-refractivity contribution in [1.29, 1.82) is 0 Å². The van der Waals surface area contributed by atoms with Gasteiger partial charge in [-0.2, -0.15) is 0 Å². The molecule has 1 aromatic rings. The Morgan fingerprint density at radius 3 is 2.57 bits per heavy atom. The molecule has 152 valence electrons. The quantitative estimate of drug-likeness (QED) is 0.445. The molecule has 9 heteroatoms. The molecule has 2 rings (SSSR count). The molecular formula is C19H26BNO7. The number of nitrogens with one attached hydrogen (secondary N) is 1. The second kappa shape index (κ2) is 8.64. The highest BCUT2D eigenvalue weighted by Gasteiger charge is 2.38. The molecule has 1 amide bonds. The van der Waals surface area contributed by atoms with Crippen LogP contribution >= 0.6 is 0 Å². The van der Waals surface area contributed by atoms with Crippen LogP contribution < -0.4 is 9.97 Å². The lowest BCUT2D eigenvalue weighted by Crippen LogP contribution is -2.53. The summed E-state index contributed by atoms with van der Waals surface area (Å²) in [6.45, 7) is 7.98. The van der Waals surface area contributed by atoms with Crippen molar-refractivity contribution in [2.45, 2.75) is 53.4 Å². The molecule has 1 heterocycles. The van der Waals surface area contributed by atoms with Crippen LogP contribution in [0.4, 0.5) is 0 Å². The summed E-state index contributed by atoms with van der Waals surface area (Å²) in [6, 6.07) is 3.51. The van der Waals surface area contributed by atoms with Crippen LogP contribution in [0.25, 0.3) is 0 Å². The number of hydrogen-bond acceptors (Lipinski definition) is 7. The van der Waals surface area contributed by atoms with Crippen molar-refractivity contribution in [3.05, 3.63) is 28.8 Å². The molecule has 0 radical (unpaired) electrons. The fourth-order valence-electron chi connectivity index (χ4n) is 2.67. The van der Waals surface area contributed by atoms with Gasteiger partial charge in [-0.1, -0.05) is 19.1 Å². The number of hydrogen-bond donors (Lipinski definition) is 2. The van der Waals surface area contributed by atoms with Gasteiger partial charge >= 0.3 is 19.1 Å². The second-order valence-corrected chi connectivity index (χ2v) is 7.72. The first-order valence-electron chi connectivity index (χ1n) is 9.15. The molecule has 0 fully saturated rings. The van der Waals surface area contributed by atoms with Crippen LogP contribution in [0.2, 0.25) is 0 Å². The summed E-state index contributed by atoms with van der Waals surface area (Å²) in [6.07, 6.45) is 0.594. The highest BCUT2D eigenvalue weighted by Crippen LogP contribution is 2.33. The molecule has 0 unspecified atom stereocenters. The molecule has 0 spiro atoms. The highest BCUT2D eigenvalue weighted by molar-refractivity contribution is 6.47. The maximum Gasteiger partial charge on any atom is 0.547 e. The van der Waals surface area contributed by atoms with Crippen molar-refractivity contribution in [2.24, 2.45) is 5.41 Å². The van der Waals surface area contributed by atoms with Crippen LogP contribution in [0.5, 0.6) is 5.75 Å². The Balaban J connectivity index is 2.14. The van der Waals surface area contributed by atoms with E-state index in [0.29, 0.717) is 17.5 Å². The van der Waals surface area contributed by atoms with E-state index in [2.05, 4.69) is 5.32 Å². The Hall–Kier alpha value is -2.55. The number of rotatable bonds is 5. The summed E-state index contributed by atoms with van der Waals surface area (Å²) in [7, 11) is -1.30. The van der Waals surface area contributed by atoms with E-state index < -0.39 is 37.2 Å². The summed E-state index contributed by atoms with van der Waals surface area (Å²) < 4.78 is 15.6. The number of benzene rings is 1. The zero-order chi connectivity index (χ0) is 21.1. The summed E-state index contributed by atoms with van der Waals surface area (Å²) in [4.78, 5) is 35.9. The molecule has 0 saturated carbocycles. The molecule has 0 saturated heterocycles. The van der Waals surface area contributed by atoms with Crippen molar-refractivity contribution in [2.75, 3.05) is 6.79 Å². The number of fused-ring (bicyclic) bond motifs is 1. The van der Waals surface area contributed by atoms with E-state index >= 15 is 0 Å². The standard InChI is InChI=1S/C19H26BNO7/c1-6-14(22)21-13-9-12-8-7-11(2)15(16(12)28-20(13)25)17(23)26-10-27-18(24)19(3,4)5/h7-8,13,25H,6,9-10H2,1-5H3,(H,21,22)/t13-/m0/s1. The van der Waals surface area contributed by atoms with E-state index in [4.69, 9.17) is 14.1 Å². The predicted octanol–water partition coefficient (Wildman–Crippen LogP) is 1.55. The van der Waals surface area contributed by atoms with Gasteiger partial charge in [0.1, 0.15) is 11.3 Å². The second-order valence-electron chi connectivity index (χ2n) is 7.72. The Bertz CT molecular complexity index is 772. The third kappa shape index (κ3) is 5.04. The van der Waals surface area contributed by atoms with Gasteiger partial charge in [0.2, 0.25) is 12.7 Å². The lowest BCUT2D eigenvalue weighted by Gasteiger charge is -2.29. The first-order valence-corrected chi connectivity index (χ1v) is 9.15. The smallest absolute Gasteiger partial charge is 0.534 e. The Kier molecular flexibility index (Phi) is 6.71. The zero-order valence-electron chi connectivity index (χ0n) is 16.8. The first-order chi connectivity index (χ1) is 13.0. The van der Waals surface area contributed by atoms with Crippen LogP contribution in [0, 0.1) is 12.3 Å². The zero-order valence-corrected chi connectivity index (χ0v) is 16.8. The Labute approximate surface area is 164 Å². The van der Waals surface area contributed by atoms with E-state index in [0.717, 1.165) is 0 Å². The molecule has 0 aromatic heterocycles. The number of carbonyl (C=O) groups is 3. The topological polar surface area (TPSA) is 111 Å². The molecule has 1 aromatic carbocycles. The first kappa shape index (κ1) is 21.8. The summed E-state index contributed by atoms with van der Waals surface area (Å²) in [5.74, 6) is -1.82. The van der Waals surface area contributed by atoms with Gasteiger partial charge in [0, 0.05) is 6.42 Å². The Morgan fingerprint density at radius 1 is 1.29 bits per heavy atom. The van der Waals surface area contributed by atoms with Gasteiger partial charge in [-0.25, -0.2) is 4.79 Å². The third-order valence-corrected chi connectivity index (χ3v) is 4.33. The number of aryl methyl sites for hydroxylation is 1. The molecule has 28 heavy (non-hydrogen) atoms. The minimum Gasteiger partial charge on any atom is -0.534 e. The van der Waals surface area contributed by atoms with Crippen LogP contribution in [-0.4, -0.2) is 42.7 Å². The number of amides is 1. The van der Waals surface area contributed by atoms with Gasteiger partial charge in [-0.05, 0) is 45.2 Å². The van der Waals surface area contributed by atoms with E-state index in [1.54, 1.807) is 46.8 Å². The summed E-state index contributed by atoms with van der Waals surface area (Å²) in [5.41, 5.74) is 0.702. The van der Waals surface area contributed by atoms with Crippen LogP contribution in [-0.2, 0) is 25.5 Å². The van der Waals surface area contributed by atoms with E-state index in [9.17, 15) is 19.4 Å². The lowest BCUT2D eigenvalue weighted by atomic mass is 9.72. The van der Waals surface area contributed by atoms with E-state index in [1.807, 2.05) is 0 Å². The van der Waals surface area contributed by atoms with Gasteiger partial charge in [0.25, 0.3) is 0 Å². The normalized spacial score (nSPS) is 15.9. The number of esters is 2. The van der Waals surface area contributed by atoms with Gasteiger partial charge in [-0.15, -0.1) is 0 Å². The summed E-state index contributed by atoms with van der Waals surface area (Å²) >= 11 is 0. The molecule has 1 aliphatic heterocycles. The molecule has 0 aliphatic carbocycles. The van der Waals surface area contributed by atoms with Crippen LogP contribution in [0.3, 0.4) is 0 Å². The lowest BCUT2D eigenvalue weighted by molar-refractivity contribution is -0.161. The van der Waals surface area contributed by atoms with Crippen molar-refractivity contribution < 1.29 is 33.5 Å². The van der Waals surface area contributed by atoms with Crippen LogP contribution in [0.1, 0.15) is 55.6 Å².